The van der Waals surface area contributed by atoms with Crippen LogP contribution in [0, 0.1) is 50.2 Å². The average Bonchev–Trinajstić information content (AvgIpc) is 3.23. The zero-order valence-electron chi connectivity index (χ0n) is 38.7. The summed E-state index contributed by atoms with van der Waals surface area (Å²) >= 11 is 0. The van der Waals surface area contributed by atoms with E-state index in [2.05, 4.69) is 54.5 Å². The number of carboxylic acids is 2. The van der Waals surface area contributed by atoms with Crippen molar-refractivity contribution in [1.29, 1.82) is 0 Å². The van der Waals surface area contributed by atoms with Gasteiger partial charge in [0.2, 0.25) is 0 Å². The molecule has 8 aliphatic rings. The summed E-state index contributed by atoms with van der Waals surface area (Å²) in [4.78, 5) is 25.9. The van der Waals surface area contributed by atoms with Crippen LogP contribution in [0.4, 0.5) is 0 Å². The Morgan fingerprint density at radius 3 is 2.02 bits per heavy atom. The highest BCUT2D eigenvalue weighted by molar-refractivity contribution is 5.76. The van der Waals surface area contributed by atoms with Gasteiger partial charge in [0.05, 0.1) is 24.7 Å². The molecule has 0 amide bonds. The van der Waals surface area contributed by atoms with E-state index >= 15 is 0 Å². The predicted molar refractivity (Wildman–Crippen MR) is 225 cm³/mol. The summed E-state index contributed by atoms with van der Waals surface area (Å²) in [5.41, 5.74) is -0.489. The van der Waals surface area contributed by atoms with Gasteiger partial charge in [0.1, 0.15) is 61.0 Å². The standard InChI is InChI=1S/C47H74O18/c1-42(2)14-16-47(41(58)59)17-15-45(6)21(22(47)18-42)8-9-26-44(5)12-11-27(43(3,4)25(44)10-13-46(26,45)7)62-40-36(65-39-32(54)30(52)29(51)24(19-48)61-39)34(33(55)35(64-40)37(56)57)63-38-31(53)28(50)23(49)20-60-38/h8,22-36,38-40,48-55H,9-20H2,1-7H3,(H,56,57)(H,58,59)/t22-,23-,24-,25-,26-,27+,28+,29-,30+,31-,32-,33+,34+,35+,36-,38+,39+,40-,44+,45-,46-,47+/m1/s1. The number of aliphatic carboxylic acids is 2. The van der Waals surface area contributed by atoms with Crippen molar-refractivity contribution in [1.82, 2.24) is 0 Å². The molecule has 0 aromatic carbocycles. The SMILES string of the molecule is CC1(C)CC[C@]2(C(=O)O)CC[C@]3(C)C(=CC[C@@H]4[C@@]5(C)CC[C@H](O[C@@H]6O[C@H](C(=O)O)[C@@H](O)[C@H](O[C@@H]7OC[C@@H](O)[C@H](O)[C@H]7O)[C@H]6O[C@@H]6O[C@H](CO)[C@@H](O)[C@H](O)[C@H]6O)C(C)(C)[C@H]5CC[C@]43C)[C@H]2C1. The van der Waals surface area contributed by atoms with Crippen LogP contribution in [0.3, 0.4) is 0 Å². The topological polar surface area (TPSA) is 292 Å². The van der Waals surface area contributed by atoms with Gasteiger partial charge < -0.3 is 79.5 Å². The molecule has 0 bridgehead atoms. The molecule has 7 fully saturated rings. The molecule has 22 atom stereocenters. The van der Waals surface area contributed by atoms with Crippen LogP contribution in [0.5, 0.6) is 0 Å². The Bertz CT molecular complexity index is 1820. The Morgan fingerprint density at radius 1 is 0.692 bits per heavy atom. The number of rotatable bonds is 9. The van der Waals surface area contributed by atoms with E-state index in [1.54, 1.807) is 0 Å². The molecule has 0 aromatic rings. The smallest absolute Gasteiger partial charge is 0.335 e. The van der Waals surface area contributed by atoms with Crippen molar-refractivity contribution in [3.05, 3.63) is 11.6 Å². The first-order valence-electron chi connectivity index (χ1n) is 23.7. The third kappa shape index (κ3) is 7.76. The van der Waals surface area contributed by atoms with Crippen LogP contribution in [0.25, 0.3) is 0 Å². The molecule has 0 aromatic heterocycles. The maximum absolute atomic E-state index is 13.2. The third-order valence-corrected chi connectivity index (χ3v) is 18.9. The van der Waals surface area contributed by atoms with Crippen LogP contribution < -0.4 is 0 Å². The van der Waals surface area contributed by atoms with Gasteiger partial charge in [0.25, 0.3) is 0 Å². The molecule has 10 N–H and O–H groups in total. The van der Waals surface area contributed by atoms with Crippen molar-refractivity contribution >= 4 is 11.9 Å². The first kappa shape index (κ1) is 49.5. The summed E-state index contributed by atoms with van der Waals surface area (Å²) < 4.78 is 36.3. The lowest BCUT2D eigenvalue weighted by molar-refractivity contribution is -0.392. The number of hydrogen-bond acceptors (Lipinski definition) is 16. The third-order valence-electron chi connectivity index (χ3n) is 18.9. The van der Waals surface area contributed by atoms with E-state index in [9.17, 15) is 60.7 Å². The second kappa shape index (κ2) is 17.2. The summed E-state index contributed by atoms with van der Waals surface area (Å²) in [6.07, 6.45) is -15.3. The molecule has 0 unspecified atom stereocenters. The minimum absolute atomic E-state index is 0.0226. The predicted octanol–water partition coefficient (Wildman–Crippen LogP) is 1.44. The maximum atomic E-state index is 13.2. The number of fused-ring (bicyclic) bond motifs is 7. The maximum Gasteiger partial charge on any atom is 0.335 e. The molecule has 5 aliphatic carbocycles. The van der Waals surface area contributed by atoms with Gasteiger partial charge in [-0.1, -0.05) is 60.1 Å². The molecule has 3 saturated heterocycles. The fraction of sp³-hybridized carbons (Fsp3) is 0.915. The molecule has 3 aliphatic heterocycles. The minimum Gasteiger partial charge on any atom is -0.481 e. The normalized spacial score (nSPS) is 52.8. The van der Waals surface area contributed by atoms with E-state index < -0.39 is 128 Å². The number of aliphatic hydroxyl groups excluding tert-OH is 8. The first-order valence-corrected chi connectivity index (χ1v) is 23.7. The quantitative estimate of drug-likeness (QED) is 0.116. The molecule has 65 heavy (non-hydrogen) atoms. The molecule has 0 radical (unpaired) electrons. The average molecular weight is 927 g/mol. The van der Waals surface area contributed by atoms with E-state index in [-0.39, 0.29) is 39.4 Å². The molecule has 18 nitrogen and oxygen atoms in total. The molecule has 370 valence electrons. The molecule has 4 saturated carbocycles. The molecular formula is C47H74O18. The van der Waals surface area contributed by atoms with Crippen molar-refractivity contribution in [3.8, 4) is 0 Å². The number of hydrogen-bond donors (Lipinski definition) is 10. The Morgan fingerprint density at radius 2 is 1.35 bits per heavy atom. The summed E-state index contributed by atoms with van der Waals surface area (Å²) in [6.45, 7) is 14.7. The highest BCUT2D eigenvalue weighted by Gasteiger charge is 2.70. The van der Waals surface area contributed by atoms with Gasteiger partial charge in [0.15, 0.2) is 25.0 Å². The molecule has 3 heterocycles. The Hall–Kier alpha value is -1.88. The summed E-state index contributed by atoms with van der Waals surface area (Å²) in [7, 11) is 0. The van der Waals surface area contributed by atoms with E-state index in [1.165, 1.54) is 5.57 Å². The van der Waals surface area contributed by atoms with Crippen molar-refractivity contribution < 1.29 is 89.1 Å². The van der Waals surface area contributed by atoms with Crippen LogP contribution in [0.1, 0.15) is 113 Å². The fourth-order valence-corrected chi connectivity index (χ4v) is 14.8. The summed E-state index contributed by atoms with van der Waals surface area (Å²) in [6, 6.07) is 0. The van der Waals surface area contributed by atoms with Crippen LogP contribution >= 0.6 is 0 Å². The number of aliphatic hydroxyl groups is 8. The van der Waals surface area contributed by atoms with Crippen LogP contribution in [-0.4, -0.2) is 168 Å². The zero-order chi connectivity index (χ0) is 47.6. The lowest BCUT2D eigenvalue weighted by atomic mass is 9.33. The Kier molecular flexibility index (Phi) is 13.1. The molecular weight excluding hydrogens is 852 g/mol. The van der Waals surface area contributed by atoms with E-state index in [0.717, 1.165) is 44.9 Å². The van der Waals surface area contributed by atoms with E-state index in [1.807, 2.05) is 0 Å². The number of carboxylic acid groups (broad SMARTS) is 2. The summed E-state index contributed by atoms with van der Waals surface area (Å²) in [5, 5.41) is 106. The Balaban J connectivity index is 1.10. The highest BCUT2D eigenvalue weighted by atomic mass is 16.8. The van der Waals surface area contributed by atoms with Crippen molar-refractivity contribution in [2.75, 3.05) is 13.2 Å². The van der Waals surface area contributed by atoms with Gasteiger partial charge in [-0.05, 0) is 109 Å². The van der Waals surface area contributed by atoms with Crippen LogP contribution in [-0.2, 0) is 38.0 Å². The molecule has 18 heteroatoms. The van der Waals surface area contributed by atoms with Gasteiger partial charge >= 0.3 is 11.9 Å². The van der Waals surface area contributed by atoms with Gasteiger partial charge in [-0.3, -0.25) is 4.79 Å². The molecule has 8 rings (SSSR count). The first-order chi connectivity index (χ1) is 30.3. The molecule has 0 spiro atoms. The monoisotopic (exact) mass is 926 g/mol. The van der Waals surface area contributed by atoms with Gasteiger partial charge in [0, 0.05) is 0 Å². The van der Waals surface area contributed by atoms with Crippen molar-refractivity contribution in [2.45, 2.75) is 205 Å². The fourth-order valence-electron chi connectivity index (χ4n) is 14.8. The van der Waals surface area contributed by atoms with Crippen LogP contribution in [0.15, 0.2) is 11.6 Å². The van der Waals surface area contributed by atoms with Gasteiger partial charge in [-0.2, -0.15) is 0 Å². The highest BCUT2D eigenvalue weighted by Crippen LogP contribution is 2.76. The second-order valence-corrected chi connectivity index (χ2v) is 23.1. The van der Waals surface area contributed by atoms with Crippen LogP contribution in [0.2, 0.25) is 0 Å². The second-order valence-electron chi connectivity index (χ2n) is 23.1. The number of carbonyl (C=O) groups is 2. The lowest BCUT2D eigenvalue weighted by Crippen LogP contribution is -2.68. The minimum atomic E-state index is -2.05. The van der Waals surface area contributed by atoms with E-state index in [4.69, 9.17) is 28.4 Å². The lowest BCUT2D eigenvalue weighted by Gasteiger charge is -2.71. The van der Waals surface area contributed by atoms with Gasteiger partial charge in [-0.25, -0.2) is 4.79 Å². The largest absolute Gasteiger partial charge is 0.481 e. The van der Waals surface area contributed by atoms with Gasteiger partial charge in [-0.15, -0.1) is 0 Å². The number of allylic oxidation sites excluding steroid dienone is 2. The number of ether oxygens (including phenoxy) is 6. The van der Waals surface area contributed by atoms with E-state index in [0.29, 0.717) is 19.3 Å². The van der Waals surface area contributed by atoms with Crippen molar-refractivity contribution in [3.63, 3.8) is 0 Å². The van der Waals surface area contributed by atoms with Crippen molar-refractivity contribution in [2.24, 2.45) is 50.2 Å². The summed E-state index contributed by atoms with van der Waals surface area (Å²) in [5.74, 6) is -1.95. The zero-order valence-corrected chi connectivity index (χ0v) is 38.7. The Labute approximate surface area is 380 Å².